The predicted molar refractivity (Wildman–Crippen MR) is 145 cm³/mol. The molecule has 0 fully saturated rings. The number of likely N-dealkylation sites (N-methyl/N-ethyl adjacent to an activating group) is 1. The molecule has 1 rings (SSSR count). The first kappa shape index (κ1) is 36.0. The lowest BCUT2D eigenvalue weighted by molar-refractivity contribution is -0.170. The highest BCUT2D eigenvalue weighted by Gasteiger charge is 2.40. The summed E-state index contributed by atoms with van der Waals surface area (Å²) in [7, 11) is 0. The first-order valence-corrected chi connectivity index (χ1v) is 13.2. The lowest BCUT2D eigenvalue weighted by Gasteiger charge is -2.18. The van der Waals surface area contributed by atoms with Crippen molar-refractivity contribution in [1.82, 2.24) is 4.90 Å². The van der Waals surface area contributed by atoms with E-state index in [1.165, 1.54) is 5.56 Å². The molecule has 1 aromatic carbocycles. The fraction of sp³-hybridized carbons (Fsp3) is 0.643. The topological polar surface area (TPSA) is 171 Å². The Bertz CT molecular complexity index is 865. The number of aliphatic hydroxyl groups is 1. The van der Waals surface area contributed by atoms with E-state index >= 15 is 0 Å². The van der Waals surface area contributed by atoms with Crippen LogP contribution in [0.1, 0.15) is 70.9 Å². The quantitative estimate of drug-likeness (QED) is 0.155. The summed E-state index contributed by atoms with van der Waals surface area (Å²) in [6.45, 7) is 15.2. The van der Waals surface area contributed by atoms with Crippen molar-refractivity contribution in [2.75, 3.05) is 39.5 Å². The van der Waals surface area contributed by atoms with Gasteiger partial charge in [0.05, 0.1) is 32.0 Å². The monoisotopic (exact) mass is 555 g/mol. The number of carbonyl (C=O) groups excluding carboxylic acids is 1. The van der Waals surface area contributed by atoms with Crippen LogP contribution >= 0.6 is 0 Å². The van der Waals surface area contributed by atoms with Crippen molar-refractivity contribution in [3.05, 3.63) is 35.4 Å². The van der Waals surface area contributed by atoms with Gasteiger partial charge in [0, 0.05) is 6.54 Å². The molecule has 0 saturated carbocycles. The number of carbonyl (C=O) groups is 4. The number of benzene rings is 1. The summed E-state index contributed by atoms with van der Waals surface area (Å²) in [5.74, 6) is -4.74. The van der Waals surface area contributed by atoms with Crippen LogP contribution in [0, 0.1) is 5.92 Å². The normalized spacial score (nSPS) is 12.0. The minimum atomic E-state index is -2.74. The number of carboxylic acid groups (broad SMARTS) is 3. The molecule has 0 aromatic heterocycles. The molecule has 1 aromatic rings. The molecule has 39 heavy (non-hydrogen) atoms. The average molecular weight is 556 g/mol. The van der Waals surface area contributed by atoms with Gasteiger partial charge in [-0.1, -0.05) is 58.9 Å². The molecule has 1 unspecified atom stereocenters. The van der Waals surface area contributed by atoms with Gasteiger partial charge < -0.3 is 34.8 Å². The summed E-state index contributed by atoms with van der Waals surface area (Å²) in [5.41, 5.74) is -0.390. The van der Waals surface area contributed by atoms with Crippen molar-refractivity contribution in [3.63, 3.8) is 0 Å². The fourth-order valence-corrected chi connectivity index (χ4v) is 3.75. The Morgan fingerprint density at radius 2 is 1.41 bits per heavy atom. The van der Waals surface area contributed by atoms with Crippen LogP contribution in [0.25, 0.3) is 0 Å². The van der Waals surface area contributed by atoms with Gasteiger partial charge in [0.1, 0.15) is 6.61 Å². The van der Waals surface area contributed by atoms with E-state index in [4.69, 9.17) is 29.9 Å². The number of rotatable bonds is 18. The van der Waals surface area contributed by atoms with E-state index in [0.717, 1.165) is 38.0 Å². The minimum absolute atomic E-state index is 0.156. The number of nitrogens with zero attached hydrogens (tertiary/aromatic N) is 1. The molecule has 1 atom stereocenters. The van der Waals surface area contributed by atoms with Crippen LogP contribution in [0.3, 0.4) is 0 Å². The van der Waals surface area contributed by atoms with Crippen LogP contribution in [-0.4, -0.2) is 94.3 Å². The Hall–Kier alpha value is -3.02. The number of hydrogen-bond donors (Lipinski definition) is 4. The first-order valence-electron chi connectivity index (χ1n) is 13.2. The lowest BCUT2D eigenvalue weighted by Crippen LogP contribution is -2.42. The highest BCUT2D eigenvalue weighted by atomic mass is 16.6. The second-order valence-corrected chi connectivity index (χ2v) is 9.58. The Labute approximate surface area is 230 Å². The number of hydrogen-bond acceptors (Lipinski definition) is 8. The molecule has 0 aliphatic carbocycles. The summed E-state index contributed by atoms with van der Waals surface area (Å²) >= 11 is 0. The Morgan fingerprint density at radius 3 is 1.82 bits per heavy atom. The van der Waals surface area contributed by atoms with E-state index < -0.39 is 36.4 Å². The number of carboxylic acids is 3. The van der Waals surface area contributed by atoms with Crippen molar-refractivity contribution in [2.45, 2.75) is 71.8 Å². The van der Waals surface area contributed by atoms with Crippen molar-refractivity contribution < 1.29 is 49.1 Å². The Kier molecular flexibility index (Phi) is 17.6. The summed E-state index contributed by atoms with van der Waals surface area (Å²) in [4.78, 5) is 45.2. The third-order valence-electron chi connectivity index (χ3n) is 5.92. The highest BCUT2D eigenvalue weighted by Crippen LogP contribution is 2.22. The molecule has 0 amide bonds. The van der Waals surface area contributed by atoms with Gasteiger partial charge in [-0.3, -0.25) is 14.4 Å². The zero-order valence-corrected chi connectivity index (χ0v) is 23.7. The SMILES string of the molecule is CCC(C(=O)OCCOCCN(CC)CC)c1ccc(CC(C)C)cc1.O=C(O)CC(O)(CC(=O)O)C(=O)O. The molecular weight excluding hydrogens is 510 g/mol. The number of esters is 1. The van der Waals surface area contributed by atoms with E-state index in [0.29, 0.717) is 25.7 Å². The van der Waals surface area contributed by atoms with Crippen LogP contribution in [0.2, 0.25) is 0 Å². The third kappa shape index (κ3) is 15.2. The summed E-state index contributed by atoms with van der Waals surface area (Å²) in [6.07, 6.45) is -0.485. The van der Waals surface area contributed by atoms with Gasteiger partial charge >= 0.3 is 23.9 Å². The molecule has 0 aliphatic rings. The smallest absolute Gasteiger partial charge is 0.336 e. The molecule has 0 aliphatic heterocycles. The maximum absolute atomic E-state index is 12.4. The highest BCUT2D eigenvalue weighted by molar-refractivity contribution is 5.88. The molecule has 11 nitrogen and oxygen atoms in total. The van der Waals surface area contributed by atoms with E-state index in [1.54, 1.807) is 0 Å². The summed E-state index contributed by atoms with van der Waals surface area (Å²) < 4.78 is 11.0. The molecule has 0 saturated heterocycles. The second kappa shape index (κ2) is 19.1. The average Bonchev–Trinajstić information content (AvgIpc) is 2.84. The molecule has 0 radical (unpaired) electrons. The molecule has 4 N–H and O–H groups in total. The van der Waals surface area contributed by atoms with Crippen molar-refractivity contribution >= 4 is 23.9 Å². The number of ether oxygens (including phenoxy) is 2. The zero-order chi connectivity index (χ0) is 30.0. The molecule has 222 valence electrons. The van der Waals surface area contributed by atoms with Crippen LogP contribution in [0.4, 0.5) is 0 Å². The molecule has 11 heteroatoms. The third-order valence-corrected chi connectivity index (χ3v) is 5.92. The Morgan fingerprint density at radius 1 is 0.872 bits per heavy atom. The standard InChI is InChI=1S/C22H37NO3.C6H8O7/c1-6-21(20-11-9-19(10-12-20)17-18(4)5)22(24)26-16-15-25-14-13-23(7-2)8-3;7-3(8)1-6(13,5(11)12)2-4(9)10/h9-12,18,21H,6-8,13-17H2,1-5H3;13H,1-2H2,(H,7,8)(H,9,10)(H,11,12). The van der Waals surface area contributed by atoms with E-state index in [9.17, 15) is 19.2 Å². The summed E-state index contributed by atoms with van der Waals surface area (Å²) in [6, 6.07) is 8.38. The summed E-state index contributed by atoms with van der Waals surface area (Å²) in [5, 5.41) is 33.8. The van der Waals surface area contributed by atoms with Gasteiger partial charge in [0.2, 0.25) is 0 Å². The van der Waals surface area contributed by atoms with E-state index in [2.05, 4.69) is 56.9 Å². The van der Waals surface area contributed by atoms with E-state index in [-0.39, 0.29) is 11.9 Å². The van der Waals surface area contributed by atoms with Crippen molar-refractivity contribution in [1.29, 1.82) is 0 Å². The second-order valence-electron chi connectivity index (χ2n) is 9.58. The van der Waals surface area contributed by atoms with Gasteiger partial charge in [-0.25, -0.2) is 4.79 Å². The lowest BCUT2D eigenvalue weighted by atomic mass is 9.94. The van der Waals surface area contributed by atoms with Crippen molar-refractivity contribution in [3.8, 4) is 0 Å². The fourth-order valence-electron chi connectivity index (χ4n) is 3.75. The van der Waals surface area contributed by atoms with E-state index in [1.807, 2.05) is 6.92 Å². The minimum Gasteiger partial charge on any atom is -0.481 e. The van der Waals surface area contributed by atoms with Gasteiger partial charge in [0.25, 0.3) is 0 Å². The maximum Gasteiger partial charge on any atom is 0.336 e. The Balaban J connectivity index is 0.000000935. The molecule has 0 heterocycles. The van der Waals surface area contributed by atoms with Gasteiger partial charge in [-0.05, 0) is 43.0 Å². The predicted octanol–water partition coefficient (Wildman–Crippen LogP) is 3.03. The van der Waals surface area contributed by atoms with Crippen LogP contribution in [-0.2, 0) is 35.1 Å². The molecular formula is C28H45NO10. The van der Waals surface area contributed by atoms with Gasteiger partial charge in [-0.15, -0.1) is 0 Å². The molecule has 0 bridgehead atoms. The maximum atomic E-state index is 12.4. The first-order chi connectivity index (χ1) is 18.3. The zero-order valence-electron chi connectivity index (χ0n) is 23.7. The van der Waals surface area contributed by atoms with Crippen molar-refractivity contribution in [2.24, 2.45) is 5.92 Å². The van der Waals surface area contributed by atoms with Crippen LogP contribution in [0.5, 0.6) is 0 Å². The van der Waals surface area contributed by atoms with Crippen LogP contribution < -0.4 is 0 Å². The van der Waals surface area contributed by atoms with Gasteiger partial charge in [-0.2, -0.15) is 0 Å². The van der Waals surface area contributed by atoms with Crippen LogP contribution in [0.15, 0.2) is 24.3 Å². The van der Waals surface area contributed by atoms with Gasteiger partial charge in [0.15, 0.2) is 5.60 Å². The molecule has 0 spiro atoms. The number of aliphatic carboxylic acids is 3. The largest absolute Gasteiger partial charge is 0.481 e.